The summed E-state index contributed by atoms with van der Waals surface area (Å²) in [5.74, 6) is -0.675. The third-order valence-corrected chi connectivity index (χ3v) is 3.94. The Morgan fingerprint density at radius 2 is 1.58 bits per heavy atom. The fraction of sp³-hybridized carbons (Fsp3) is 0.100. The number of esters is 1. The first kappa shape index (κ1) is 16.2. The minimum Gasteiger partial charge on any atom is -0.457 e. The zero-order valence-corrected chi connectivity index (χ0v) is 13.6. The minimum absolute atomic E-state index is 0.138. The fourth-order valence-electron chi connectivity index (χ4n) is 2.43. The fourth-order valence-corrected chi connectivity index (χ4v) is 2.56. The van der Waals surface area contributed by atoms with Crippen molar-refractivity contribution in [1.82, 2.24) is 0 Å². The molecule has 0 unspecified atom stereocenters. The van der Waals surface area contributed by atoms with Crippen molar-refractivity contribution in [2.75, 3.05) is 6.61 Å². The second kappa shape index (κ2) is 7.28. The molecule has 0 aliphatic carbocycles. The molecule has 0 N–H and O–H groups in total. The highest BCUT2D eigenvalue weighted by Gasteiger charge is 2.11. The molecule has 3 nitrogen and oxygen atoms in total. The number of Topliss-reactive ketones (excluding diaryl/α,β-unsaturated/α-hetero) is 1. The molecule has 3 aromatic carbocycles. The molecular weight excluding hydrogens is 324 g/mol. The van der Waals surface area contributed by atoms with E-state index in [4.69, 9.17) is 16.3 Å². The number of hydrogen-bond donors (Lipinski definition) is 0. The molecule has 0 atom stereocenters. The maximum atomic E-state index is 12.0. The van der Waals surface area contributed by atoms with Crippen molar-refractivity contribution in [2.24, 2.45) is 0 Å². The molecule has 3 aromatic rings. The summed E-state index contributed by atoms with van der Waals surface area (Å²) in [4.78, 5) is 23.9. The summed E-state index contributed by atoms with van der Waals surface area (Å²) in [6, 6.07) is 20.2. The number of rotatable bonds is 5. The van der Waals surface area contributed by atoms with E-state index in [2.05, 4.69) is 0 Å². The Bertz CT molecular complexity index is 885. The molecule has 0 aliphatic rings. The Hall–Kier alpha value is -2.65. The first-order valence-electron chi connectivity index (χ1n) is 7.54. The van der Waals surface area contributed by atoms with Gasteiger partial charge in [-0.1, -0.05) is 54.1 Å². The summed E-state index contributed by atoms with van der Waals surface area (Å²) < 4.78 is 5.08. The van der Waals surface area contributed by atoms with Crippen molar-refractivity contribution >= 4 is 34.1 Å². The molecule has 3 rings (SSSR count). The third kappa shape index (κ3) is 4.00. The van der Waals surface area contributed by atoms with Gasteiger partial charge in [0.2, 0.25) is 0 Å². The first-order valence-corrected chi connectivity index (χ1v) is 7.92. The van der Waals surface area contributed by atoms with E-state index in [1.165, 1.54) is 0 Å². The average molecular weight is 339 g/mol. The summed E-state index contributed by atoms with van der Waals surface area (Å²) in [6.07, 6.45) is 0.138. The number of halogens is 1. The lowest BCUT2D eigenvalue weighted by atomic mass is 10.1. The lowest BCUT2D eigenvalue weighted by Crippen LogP contribution is -2.15. The van der Waals surface area contributed by atoms with Crippen LogP contribution in [0.5, 0.6) is 0 Å². The minimum atomic E-state index is -0.424. The van der Waals surface area contributed by atoms with Crippen LogP contribution in [0.1, 0.15) is 15.9 Å². The van der Waals surface area contributed by atoms with Crippen LogP contribution in [-0.2, 0) is 16.0 Å². The maximum Gasteiger partial charge on any atom is 0.310 e. The smallest absolute Gasteiger partial charge is 0.310 e. The van der Waals surface area contributed by atoms with Gasteiger partial charge in [-0.25, -0.2) is 0 Å². The van der Waals surface area contributed by atoms with Gasteiger partial charge < -0.3 is 4.74 Å². The zero-order valence-electron chi connectivity index (χ0n) is 12.9. The van der Waals surface area contributed by atoms with Gasteiger partial charge in [0, 0.05) is 10.6 Å². The van der Waals surface area contributed by atoms with Gasteiger partial charge in [0.25, 0.3) is 0 Å². The van der Waals surface area contributed by atoms with Crippen molar-refractivity contribution < 1.29 is 14.3 Å². The topological polar surface area (TPSA) is 43.4 Å². The Morgan fingerprint density at radius 3 is 2.33 bits per heavy atom. The standard InChI is InChI=1S/C20H15ClO3/c21-18-9-7-16(8-10-18)19(22)13-24-20(23)12-14-5-6-15-3-1-2-4-17(15)11-14/h1-11H,12-13H2. The summed E-state index contributed by atoms with van der Waals surface area (Å²) in [6.45, 7) is -0.270. The maximum absolute atomic E-state index is 12.0. The SMILES string of the molecule is O=C(Cc1ccc2ccccc2c1)OCC(=O)c1ccc(Cl)cc1. The molecule has 24 heavy (non-hydrogen) atoms. The molecule has 0 aromatic heterocycles. The molecule has 0 heterocycles. The average Bonchev–Trinajstić information content (AvgIpc) is 2.60. The number of ether oxygens (including phenoxy) is 1. The van der Waals surface area contributed by atoms with E-state index < -0.39 is 5.97 Å². The quantitative estimate of drug-likeness (QED) is 0.509. The van der Waals surface area contributed by atoms with Crippen LogP contribution >= 0.6 is 11.6 Å². The number of carbonyl (C=O) groups excluding carboxylic acids is 2. The molecule has 0 radical (unpaired) electrons. The Balaban J connectivity index is 1.58. The Labute approximate surface area is 144 Å². The van der Waals surface area contributed by atoms with Crippen molar-refractivity contribution in [3.63, 3.8) is 0 Å². The number of ketones is 1. The summed E-state index contributed by atoms with van der Waals surface area (Å²) in [5.41, 5.74) is 1.33. The molecule has 0 saturated heterocycles. The third-order valence-electron chi connectivity index (χ3n) is 3.69. The second-order valence-corrected chi connectivity index (χ2v) is 5.89. The van der Waals surface area contributed by atoms with Crippen LogP contribution in [0.4, 0.5) is 0 Å². The van der Waals surface area contributed by atoms with Gasteiger partial charge >= 0.3 is 5.97 Å². The van der Waals surface area contributed by atoms with Gasteiger partial charge in [0.05, 0.1) is 6.42 Å². The van der Waals surface area contributed by atoms with Gasteiger partial charge in [-0.15, -0.1) is 0 Å². The molecule has 4 heteroatoms. The predicted molar refractivity (Wildman–Crippen MR) is 94.4 cm³/mol. The van der Waals surface area contributed by atoms with E-state index in [1.54, 1.807) is 24.3 Å². The van der Waals surface area contributed by atoms with Crippen LogP contribution in [0.3, 0.4) is 0 Å². The zero-order chi connectivity index (χ0) is 16.9. The molecule has 0 aliphatic heterocycles. The second-order valence-electron chi connectivity index (χ2n) is 5.45. The number of carbonyl (C=O) groups is 2. The van der Waals surface area contributed by atoms with Gasteiger partial charge in [-0.05, 0) is 40.6 Å². The first-order chi connectivity index (χ1) is 11.6. The van der Waals surface area contributed by atoms with Crippen LogP contribution in [0.25, 0.3) is 10.8 Å². The van der Waals surface area contributed by atoms with Gasteiger partial charge in [-0.3, -0.25) is 9.59 Å². The molecule has 0 spiro atoms. The molecule has 0 saturated carbocycles. The Kier molecular flexibility index (Phi) is 4.92. The lowest BCUT2D eigenvalue weighted by Gasteiger charge is -2.06. The largest absolute Gasteiger partial charge is 0.457 e. The van der Waals surface area contributed by atoms with E-state index in [0.717, 1.165) is 16.3 Å². The van der Waals surface area contributed by atoms with Crippen molar-refractivity contribution in [1.29, 1.82) is 0 Å². The molecular formula is C20H15ClO3. The summed E-state index contributed by atoms with van der Waals surface area (Å²) in [7, 11) is 0. The number of fused-ring (bicyclic) bond motifs is 1. The molecule has 120 valence electrons. The van der Waals surface area contributed by atoms with E-state index in [9.17, 15) is 9.59 Å². The highest BCUT2D eigenvalue weighted by Crippen LogP contribution is 2.16. The van der Waals surface area contributed by atoms with E-state index >= 15 is 0 Å². The van der Waals surface area contributed by atoms with E-state index in [-0.39, 0.29) is 18.8 Å². The monoisotopic (exact) mass is 338 g/mol. The molecule has 0 fully saturated rings. The lowest BCUT2D eigenvalue weighted by molar-refractivity contribution is -0.141. The Morgan fingerprint density at radius 1 is 0.875 bits per heavy atom. The van der Waals surface area contributed by atoms with Gasteiger partial charge in [0.15, 0.2) is 12.4 Å². The van der Waals surface area contributed by atoms with Crippen molar-refractivity contribution in [2.45, 2.75) is 6.42 Å². The van der Waals surface area contributed by atoms with Crippen LogP contribution in [0, 0.1) is 0 Å². The van der Waals surface area contributed by atoms with E-state index in [0.29, 0.717) is 10.6 Å². The van der Waals surface area contributed by atoms with Crippen molar-refractivity contribution in [3.8, 4) is 0 Å². The number of benzene rings is 3. The molecule has 0 bridgehead atoms. The van der Waals surface area contributed by atoms with Crippen LogP contribution in [0.15, 0.2) is 66.7 Å². The summed E-state index contributed by atoms with van der Waals surface area (Å²) >= 11 is 5.78. The highest BCUT2D eigenvalue weighted by atomic mass is 35.5. The van der Waals surface area contributed by atoms with Gasteiger partial charge in [-0.2, -0.15) is 0 Å². The van der Waals surface area contributed by atoms with Crippen molar-refractivity contribution in [3.05, 3.63) is 82.9 Å². The highest BCUT2D eigenvalue weighted by molar-refractivity contribution is 6.30. The van der Waals surface area contributed by atoms with E-state index in [1.807, 2.05) is 42.5 Å². The van der Waals surface area contributed by atoms with Gasteiger partial charge in [0.1, 0.15) is 0 Å². The summed E-state index contributed by atoms with van der Waals surface area (Å²) in [5, 5.41) is 2.74. The number of hydrogen-bond acceptors (Lipinski definition) is 3. The van der Waals surface area contributed by atoms with Crippen LogP contribution < -0.4 is 0 Å². The normalized spacial score (nSPS) is 10.5. The van der Waals surface area contributed by atoms with Crippen LogP contribution in [0.2, 0.25) is 5.02 Å². The molecule has 0 amide bonds. The van der Waals surface area contributed by atoms with Crippen LogP contribution in [-0.4, -0.2) is 18.4 Å². The predicted octanol–water partition coefficient (Wildman–Crippen LogP) is 4.46.